The molecule has 0 amide bonds. The highest BCUT2D eigenvalue weighted by molar-refractivity contribution is 5.85. The molecule has 0 bridgehead atoms. The second-order valence-corrected chi connectivity index (χ2v) is 7.47. The Balaban J connectivity index is 1.58. The average molecular weight is 363 g/mol. The van der Waals surface area contributed by atoms with Crippen LogP contribution in [0.2, 0.25) is 0 Å². The minimum absolute atomic E-state index is 0.0784. The van der Waals surface area contributed by atoms with Crippen LogP contribution in [-0.2, 0) is 4.74 Å². The zero-order chi connectivity index (χ0) is 18.4. The Morgan fingerprint density at radius 1 is 1.11 bits per heavy atom. The quantitative estimate of drug-likeness (QED) is 0.487. The van der Waals surface area contributed by atoms with Crippen LogP contribution in [-0.4, -0.2) is 21.3 Å². The topological polar surface area (TPSA) is 70.2 Å². The van der Waals surface area contributed by atoms with E-state index in [1.54, 1.807) is 12.1 Å². The fourth-order valence-electron chi connectivity index (χ4n) is 4.24. The first-order valence-corrected chi connectivity index (χ1v) is 9.55. The van der Waals surface area contributed by atoms with Crippen LogP contribution in [0.4, 0.5) is 5.69 Å². The number of fused-ring (bicyclic) bond motifs is 1. The smallest absolute Gasteiger partial charge is 0.270 e. The third kappa shape index (κ3) is 2.90. The average Bonchev–Trinajstić information content (AvgIpc) is 3.42. The highest BCUT2D eigenvalue weighted by Crippen LogP contribution is 2.55. The number of rotatable bonds is 4. The van der Waals surface area contributed by atoms with Gasteiger partial charge in [0.25, 0.3) is 5.69 Å². The van der Waals surface area contributed by atoms with E-state index >= 15 is 0 Å². The van der Waals surface area contributed by atoms with Gasteiger partial charge in [-0.25, -0.2) is 4.68 Å². The van der Waals surface area contributed by atoms with E-state index in [9.17, 15) is 10.1 Å². The third-order valence-electron chi connectivity index (χ3n) is 5.73. The van der Waals surface area contributed by atoms with Crippen molar-refractivity contribution in [2.45, 2.75) is 43.7 Å². The van der Waals surface area contributed by atoms with Crippen LogP contribution in [0, 0.1) is 10.1 Å². The SMILES string of the molecule is O=[N+]([O-])c1ccc2c(c1)c(C1CC1c1ccccc1)nn2C1CCCCO1. The molecular weight excluding hydrogens is 342 g/mol. The Morgan fingerprint density at radius 3 is 2.70 bits per heavy atom. The molecule has 3 aromatic rings. The van der Waals surface area contributed by atoms with Crippen LogP contribution in [0.1, 0.15) is 55.0 Å². The molecule has 2 fully saturated rings. The molecule has 1 saturated heterocycles. The van der Waals surface area contributed by atoms with E-state index in [1.165, 1.54) is 5.56 Å². The molecule has 0 N–H and O–H groups in total. The van der Waals surface area contributed by atoms with E-state index in [4.69, 9.17) is 9.84 Å². The molecule has 0 radical (unpaired) electrons. The third-order valence-corrected chi connectivity index (χ3v) is 5.73. The molecule has 0 spiro atoms. The molecule has 2 heterocycles. The van der Waals surface area contributed by atoms with Crippen molar-refractivity contribution in [3.8, 4) is 0 Å². The van der Waals surface area contributed by atoms with Gasteiger partial charge in [-0.1, -0.05) is 30.3 Å². The minimum Gasteiger partial charge on any atom is -0.356 e. The van der Waals surface area contributed by atoms with Gasteiger partial charge in [0.2, 0.25) is 0 Å². The zero-order valence-corrected chi connectivity index (χ0v) is 15.0. The minimum atomic E-state index is -0.334. The normalized spacial score (nSPS) is 24.8. The molecule has 27 heavy (non-hydrogen) atoms. The fourth-order valence-corrected chi connectivity index (χ4v) is 4.24. The molecule has 5 rings (SSSR count). The molecule has 3 atom stereocenters. The summed E-state index contributed by atoms with van der Waals surface area (Å²) in [6, 6.07) is 15.5. The van der Waals surface area contributed by atoms with Crippen molar-refractivity contribution in [1.82, 2.24) is 9.78 Å². The van der Waals surface area contributed by atoms with Crippen LogP contribution in [0.5, 0.6) is 0 Å². The van der Waals surface area contributed by atoms with E-state index in [0.29, 0.717) is 11.8 Å². The van der Waals surface area contributed by atoms with Crippen LogP contribution < -0.4 is 0 Å². The lowest BCUT2D eigenvalue weighted by molar-refractivity contribution is -0.384. The predicted molar refractivity (Wildman–Crippen MR) is 102 cm³/mol. The maximum Gasteiger partial charge on any atom is 0.270 e. The number of non-ortho nitro benzene ring substituents is 1. The summed E-state index contributed by atoms with van der Waals surface area (Å²) >= 11 is 0. The van der Waals surface area contributed by atoms with E-state index in [2.05, 4.69) is 24.3 Å². The molecule has 2 aromatic carbocycles. The van der Waals surface area contributed by atoms with Gasteiger partial charge in [0, 0.05) is 30.0 Å². The lowest BCUT2D eigenvalue weighted by atomic mass is 10.1. The summed E-state index contributed by atoms with van der Waals surface area (Å²) in [4.78, 5) is 11.0. The molecule has 1 saturated carbocycles. The zero-order valence-electron chi connectivity index (χ0n) is 15.0. The number of ether oxygens (including phenoxy) is 1. The van der Waals surface area contributed by atoms with Crippen LogP contribution >= 0.6 is 0 Å². The highest BCUT2D eigenvalue weighted by atomic mass is 16.6. The van der Waals surface area contributed by atoms with E-state index in [0.717, 1.165) is 48.9 Å². The van der Waals surface area contributed by atoms with E-state index in [-0.39, 0.29) is 16.8 Å². The van der Waals surface area contributed by atoms with Crippen molar-refractivity contribution in [2.24, 2.45) is 0 Å². The first kappa shape index (κ1) is 16.4. The lowest BCUT2D eigenvalue weighted by Crippen LogP contribution is -2.19. The van der Waals surface area contributed by atoms with Crippen molar-refractivity contribution < 1.29 is 9.66 Å². The number of hydrogen-bond donors (Lipinski definition) is 0. The molecule has 1 aromatic heterocycles. The van der Waals surface area contributed by atoms with Gasteiger partial charge >= 0.3 is 0 Å². The maximum absolute atomic E-state index is 11.3. The number of nitrogens with zero attached hydrogens (tertiary/aromatic N) is 3. The van der Waals surface area contributed by atoms with Crippen molar-refractivity contribution in [2.75, 3.05) is 6.61 Å². The molecule has 1 aliphatic carbocycles. The first-order chi connectivity index (χ1) is 13.2. The summed E-state index contributed by atoms with van der Waals surface area (Å²) in [6.07, 6.45) is 4.08. The van der Waals surface area contributed by atoms with Gasteiger partial charge in [0.05, 0.1) is 16.1 Å². The fraction of sp³-hybridized carbons (Fsp3) is 0.381. The van der Waals surface area contributed by atoms with Gasteiger partial charge < -0.3 is 4.74 Å². The molecule has 1 aliphatic heterocycles. The number of benzene rings is 2. The summed E-state index contributed by atoms with van der Waals surface area (Å²) in [5.41, 5.74) is 3.33. The van der Waals surface area contributed by atoms with Gasteiger partial charge in [-0.3, -0.25) is 10.1 Å². The largest absolute Gasteiger partial charge is 0.356 e. The maximum atomic E-state index is 11.3. The molecular formula is C21H21N3O3. The Bertz CT molecular complexity index is 993. The van der Waals surface area contributed by atoms with Crippen LogP contribution in [0.15, 0.2) is 48.5 Å². The Morgan fingerprint density at radius 2 is 1.96 bits per heavy atom. The second-order valence-electron chi connectivity index (χ2n) is 7.47. The Hall–Kier alpha value is -2.73. The summed E-state index contributed by atoms with van der Waals surface area (Å²) in [7, 11) is 0. The molecule has 6 heteroatoms. The summed E-state index contributed by atoms with van der Waals surface area (Å²) in [5, 5.41) is 17.1. The van der Waals surface area contributed by atoms with E-state index < -0.39 is 0 Å². The van der Waals surface area contributed by atoms with Crippen molar-refractivity contribution in [1.29, 1.82) is 0 Å². The summed E-state index contributed by atoms with van der Waals surface area (Å²) in [6.45, 7) is 0.740. The number of hydrogen-bond acceptors (Lipinski definition) is 4. The van der Waals surface area contributed by atoms with Gasteiger partial charge in [-0.2, -0.15) is 5.10 Å². The van der Waals surface area contributed by atoms with Gasteiger partial charge in [0.15, 0.2) is 6.23 Å². The summed E-state index contributed by atoms with van der Waals surface area (Å²) in [5.74, 6) is 0.742. The highest BCUT2D eigenvalue weighted by Gasteiger charge is 2.43. The van der Waals surface area contributed by atoms with Crippen molar-refractivity contribution in [3.63, 3.8) is 0 Å². The Kier molecular flexibility index (Phi) is 3.93. The van der Waals surface area contributed by atoms with Crippen LogP contribution in [0.25, 0.3) is 10.9 Å². The predicted octanol–water partition coefficient (Wildman–Crippen LogP) is 4.91. The van der Waals surface area contributed by atoms with E-state index in [1.807, 2.05) is 16.8 Å². The molecule has 6 nitrogen and oxygen atoms in total. The monoisotopic (exact) mass is 363 g/mol. The van der Waals surface area contributed by atoms with Crippen LogP contribution in [0.3, 0.4) is 0 Å². The second kappa shape index (κ2) is 6.46. The number of nitro groups is 1. The molecule has 3 unspecified atom stereocenters. The first-order valence-electron chi connectivity index (χ1n) is 9.55. The number of nitro benzene ring substituents is 1. The summed E-state index contributed by atoms with van der Waals surface area (Å²) < 4.78 is 7.89. The van der Waals surface area contributed by atoms with Gasteiger partial charge in [-0.15, -0.1) is 0 Å². The standard InChI is InChI=1S/C21H21N3O3/c25-24(26)15-9-10-19-18(12-15)21(22-23(19)20-8-4-5-11-27-20)17-13-16(17)14-6-2-1-3-7-14/h1-3,6-7,9-10,12,16-17,20H,4-5,8,11,13H2. The molecule has 2 aliphatic rings. The van der Waals surface area contributed by atoms with Crippen molar-refractivity contribution in [3.05, 3.63) is 69.9 Å². The Labute approximate surface area is 156 Å². The van der Waals surface area contributed by atoms with Crippen molar-refractivity contribution >= 4 is 16.6 Å². The van der Waals surface area contributed by atoms with Gasteiger partial charge in [-0.05, 0) is 43.2 Å². The molecule has 138 valence electrons. The number of aromatic nitrogens is 2. The lowest BCUT2D eigenvalue weighted by Gasteiger charge is -2.23. The van der Waals surface area contributed by atoms with Gasteiger partial charge in [0.1, 0.15) is 0 Å².